The maximum Gasteiger partial charge on any atom is 0.314 e. The average Bonchev–Trinajstić information content (AvgIpc) is 3.56. The van der Waals surface area contributed by atoms with Crippen LogP contribution in [0.2, 0.25) is 0 Å². The van der Waals surface area contributed by atoms with Gasteiger partial charge in [-0.2, -0.15) is 0 Å². The topological polar surface area (TPSA) is 49.8 Å². The zero-order chi connectivity index (χ0) is 25.2. The summed E-state index contributed by atoms with van der Waals surface area (Å²) in [5, 5.41) is 11.3. The largest absolute Gasteiger partial charge is 0.481 e. The van der Waals surface area contributed by atoms with E-state index in [1.807, 2.05) is 0 Å². The molecule has 4 aliphatic carbocycles. The predicted molar refractivity (Wildman–Crippen MR) is 144 cm³/mol. The molecular weight excluding hydrogens is 446 g/mol. The van der Waals surface area contributed by atoms with Crippen molar-refractivity contribution >= 4 is 5.97 Å². The number of hydrogen-bond donors (Lipinski definition) is 1. The Bertz CT molecular complexity index is 877. The summed E-state index contributed by atoms with van der Waals surface area (Å²) in [7, 11) is 0. The summed E-state index contributed by atoms with van der Waals surface area (Å²) in [5.74, 6) is 2.99. The van der Waals surface area contributed by atoms with Crippen molar-refractivity contribution in [2.75, 3.05) is 19.6 Å². The first-order valence-corrected chi connectivity index (χ1v) is 15.7. The Balaban J connectivity index is 1.41. The van der Waals surface area contributed by atoms with Gasteiger partial charge in [-0.3, -0.25) is 4.79 Å². The van der Waals surface area contributed by atoms with Gasteiger partial charge in [0.05, 0.1) is 12.2 Å². The molecule has 2 heterocycles. The Morgan fingerprint density at radius 1 is 1.17 bits per heavy atom. The summed E-state index contributed by atoms with van der Waals surface area (Å²) in [6.45, 7) is 12.7. The van der Waals surface area contributed by atoms with E-state index in [2.05, 4.69) is 38.7 Å². The number of nitrogens with zero attached hydrogens (tertiary/aromatic N) is 1. The number of piperidine rings is 1. The maximum absolute atomic E-state index is 13.8. The summed E-state index contributed by atoms with van der Waals surface area (Å²) in [4.78, 5) is 16.4. The van der Waals surface area contributed by atoms with Gasteiger partial charge in [0.2, 0.25) is 0 Å². The Hall–Kier alpha value is -0.870. The monoisotopic (exact) mass is 497 g/mol. The second kappa shape index (κ2) is 9.40. The highest BCUT2D eigenvalue weighted by Gasteiger charge is 2.81. The van der Waals surface area contributed by atoms with Crippen molar-refractivity contribution in [2.45, 2.75) is 111 Å². The van der Waals surface area contributed by atoms with E-state index in [-0.39, 0.29) is 17.6 Å². The summed E-state index contributed by atoms with van der Waals surface area (Å²) in [5.41, 5.74) is 0.330. The zero-order valence-corrected chi connectivity index (χ0v) is 23.4. The van der Waals surface area contributed by atoms with Gasteiger partial charge in [-0.25, -0.2) is 0 Å². The number of hydrogen-bond acceptors (Lipinski definition) is 3. The number of unbranched alkanes of at least 4 members (excludes halogenated alkanes) is 1. The molecule has 0 radical (unpaired) electrons. The van der Waals surface area contributed by atoms with E-state index >= 15 is 0 Å². The fourth-order valence-corrected chi connectivity index (χ4v) is 11.0. The molecule has 1 N–H and O–H groups in total. The maximum atomic E-state index is 13.8. The van der Waals surface area contributed by atoms with Crippen molar-refractivity contribution in [2.24, 2.45) is 52.3 Å². The molecule has 10 atom stereocenters. The number of likely N-dealkylation sites (tertiary alicyclic amines) is 1. The highest BCUT2D eigenvalue weighted by Crippen LogP contribution is 2.80. The zero-order valence-electron chi connectivity index (χ0n) is 23.4. The molecule has 0 spiro atoms. The highest BCUT2D eigenvalue weighted by atomic mass is 16.5. The second-order valence-electron chi connectivity index (χ2n) is 14.1. The van der Waals surface area contributed by atoms with Crippen molar-refractivity contribution in [3.63, 3.8) is 0 Å². The van der Waals surface area contributed by atoms with Crippen LogP contribution in [-0.4, -0.2) is 47.8 Å². The Morgan fingerprint density at radius 3 is 2.64 bits per heavy atom. The standard InChI is InChI=1S/C32H51NO3/c1-5-6-10-22-15-24(19-33-13-8-7-9-14-33)36-29(22)31-18-26-21(4)11-12-25(26)28-17-23(31)16-27(20(2)3)32(28,31)30(34)35/h16,20-26,28-29H,5-15,17-19H2,1-4H3,(H,34,35)/t21-,22-,23?,24-,25-,26-,28?,29-,31?,32?/m1/s1. The van der Waals surface area contributed by atoms with Crippen LogP contribution in [0.25, 0.3) is 0 Å². The Morgan fingerprint density at radius 2 is 1.94 bits per heavy atom. The second-order valence-corrected chi connectivity index (χ2v) is 14.1. The number of ether oxygens (including phenoxy) is 1. The molecule has 4 unspecified atom stereocenters. The molecule has 202 valence electrons. The lowest BCUT2D eigenvalue weighted by atomic mass is 9.46. The van der Waals surface area contributed by atoms with E-state index < -0.39 is 11.4 Å². The minimum absolute atomic E-state index is 0.103. The van der Waals surface area contributed by atoms with Crippen LogP contribution >= 0.6 is 0 Å². The average molecular weight is 498 g/mol. The van der Waals surface area contributed by atoms with Crippen LogP contribution in [0.3, 0.4) is 0 Å². The van der Waals surface area contributed by atoms with Gasteiger partial charge in [-0.1, -0.05) is 65.0 Å². The molecule has 4 nitrogen and oxygen atoms in total. The third kappa shape index (κ3) is 3.41. The summed E-state index contributed by atoms with van der Waals surface area (Å²) >= 11 is 0. The molecule has 0 aromatic rings. The molecule has 5 fully saturated rings. The summed E-state index contributed by atoms with van der Waals surface area (Å²) < 4.78 is 7.26. The third-order valence-electron chi connectivity index (χ3n) is 12.3. The van der Waals surface area contributed by atoms with E-state index in [1.54, 1.807) is 0 Å². The van der Waals surface area contributed by atoms with E-state index in [9.17, 15) is 9.90 Å². The lowest BCUT2D eigenvalue weighted by molar-refractivity contribution is -0.186. The number of carbonyl (C=O) groups is 1. The molecule has 36 heavy (non-hydrogen) atoms. The van der Waals surface area contributed by atoms with Crippen LogP contribution in [0.5, 0.6) is 0 Å². The van der Waals surface area contributed by atoms with Gasteiger partial charge in [-0.15, -0.1) is 0 Å². The van der Waals surface area contributed by atoms with Gasteiger partial charge >= 0.3 is 5.97 Å². The van der Waals surface area contributed by atoms with Crippen LogP contribution in [0.15, 0.2) is 11.6 Å². The molecule has 2 aliphatic heterocycles. The molecular formula is C32H51NO3. The smallest absolute Gasteiger partial charge is 0.314 e. The fraction of sp³-hybridized carbons (Fsp3) is 0.906. The van der Waals surface area contributed by atoms with E-state index in [0.29, 0.717) is 35.5 Å². The normalized spacial score (nSPS) is 48.0. The minimum atomic E-state index is -0.702. The third-order valence-corrected chi connectivity index (χ3v) is 12.3. The molecule has 6 rings (SSSR count). The van der Waals surface area contributed by atoms with Gasteiger partial charge in [0.25, 0.3) is 0 Å². The van der Waals surface area contributed by atoms with E-state index in [0.717, 1.165) is 31.7 Å². The van der Waals surface area contributed by atoms with Crippen LogP contribution in [0, 0.1) is 52.3 Å². The van der Waals surface area contributed by atoms with Crippen molar-refractivity contribution < 1.29 is 14.6 Å². The van der Waals surface area contributed by atoms with Crippen LogP contribution in [0.1, 0.15) is 98.3 Å². The molecule has 4 heteroatoms. The van der Waals surface area contributed by atoms with Crippen molar-refractivity contribution in [1.29, 1.82) is 0 Å². The lowest BCUT2D eigenvalue weighted by Gasteiger charge is -2.57. The molecule has 2 saturated heterocycles. The SMILES string of the molecule is CCCC[C@@H]1C[C@H](CN2CCCCC2)O[C@H]1C12C[C@@H]3[C@H](C)CC[C@H]3C3CC1C=C(C(C)C)C32C(=O)O. The van der Waals surface area contributed by atoms with Gasteiger partial charge in [0, 0.05) is 12.0 Å². The van der Waals surface area contributed by atoms with E-state index in [1.165, 1.54) is 70.0 Å². The lowest BCUT2D eigenvalue weighted by Crippen LogP contribution is -2.61. The quantitative estimate of drug-likeness (QED) is 0.375. The molecule has 0 aromatic heterocycles. The minimum Gasteiger partial charge on any atom is -0.481 e. The molecule has 0 amide bonds. The first-order chi connectivity index (χ1) is 17.3. The molecule has 4 bridgehead atoms. The number of rotatable bonds is 8. The molecule has 3 saturated carbocycles. The molecule has 0 aromatic carbocycles. The Kier molecular flexibility index (Phi) is 6.63. The van der Waals surface area contributed by atoms with E-state index in [4.69, 9.17) is 4.74 Å². The fourth-order valence-electron chi connectivity index (χ4n) is 11.0. The van der Waals surface area contributed by atoms with Gasteiger partial charge in [0.1, 0.15) is 5.41 Å². The van der Waals surface area contributed by atoms with Crippen LogP contribution in [0.4, 0.5) is 0 Å². The van der Waals surface area contributed by atoms with Gasteiger partial charge in [-0.05, 0) is 99.5 Å². The number of aliphatic carboxylic acids is 1. The first kappa shape index (κ1) is 25.4. The number of carboxylic acids is 1. The highest BCUT2D eigenvalue weighted by molar-refractivity contribution is 5.84. The van der Waals surface area contributed by atoms with Crippen molar-refractivity contribution in [1.82, 2.24) is 4.90 Å². The van der Waals surface area contributed by atoms with Crippen LogP contribution in [-0.2, 0) is 9.53 Å². The number of carboxylic acid groups (broad SMARTS) is 1. The predicted octanol–water partition coefficient (Wildman–Crippen LogP) is 6.79. The number of allylic oxidation sites excluding steroid dienone is 1. The summed E-state index contributed by atoms with van der Waals surface area (Å²) in [6.07, 6.45) is 16.3. The Labute approximate surface area is 219 Å². The summed E-state index contributed by atoms with van der Waals surface area (Å²) in [6, 6.07) is 0. The van der Waals surface area contributed by atoms with Crippen molar-refractivity contribution in [3.8, 4) is 0 Å². The van der Waals surface area contributed by atoms with Crippen molar-refractivity contribution in [3.05, 3.63) is 11.6 Å². The van der Waals surface area contributed by atoms with Gasteiger partial charge in [0.15, 0.2) is 0 Å². The van der Waals surface area contributed by atoms with Gasteiger partial charge < -0.3 is 14.7 Å². The van der Waals surface area contributed by atoms with Crippen LogP contribution < -0.4 is 0 Å². The molecule has 6 aliphatic rings. The first-order valence-electron chi connectivity index (χ1n) is 15.7. The number of fused-ring (bicyclic) bond motifs is 2.